The Kier molecular flexibility index (Phi) is 7.84. The van der Waals surface area contributed by atoms with Gasteiger partial charge in [0.2, 0.25) is 11.8 Å². The Morgan fingerprint density at radius 3 is 2.17 bits per heavy atom. The van der Waals surface area contributed by atoms with Crippen molar-refractivity contribution in [1.82, 2.24) is 9.80 Å². The van der Waals surface area contributed by atoms with Crippen LogP contribution in [0.2, 0.25) is 0 Å². The number of benzene rings is 2. The number of hydrogen-bond donors (Lipinski definition) is 1. The predicted molar refractivity (Wildman–Crippen MR) is 117 cm³/mol. The van der Waals surface area contributed by atoms with Crippen LogP contribution in [-0.2, 0) is 9.59 Å². The van der Waals surface area contributed by atoms with Gasteiger partial charge in [0.25, 0.3) is 5.91 Å². The molecule has 7 heteroatoms. The van der Waals surface area contributed by atoms with E-state index >= 15 is 0 Å². The summed E-state index contributed by atoms with van der Waals surface area (Å²) >= 11 is 1.32. The molecule has 0 aromatic heterocycles. The second-order valence-corrected chi connectivity index (χ2v) is 8.07. The summed E-state index contributed by atoms with van der Waals surface area (Å²) in [5.41, 5.74) is 3.20. The number of nitrogens with zero attached hydrogens (tertiary/aromatic N) is 2. The molecule has 3 amide bonds. The molecule has 2 rings (SSSR count). The molecular formula is C22H27N3O3S. The molecule has 2 aromatic carbocycles. The van der Waals surface area contributed by atoms with Crippen LogP contribution in [-0.4, -0.2) is 61.0 Å². The van der Waals surface area contributed by atoms with Crippen molar-refractivity contribution in [3.63, 3.8) is 0 Å². The molecule has 2 aromatic rings. The van der Waals surface area contributed by atoms with Gasteiger partial charge in [0.15, 0.2) is 0 Å². The van der Waals surface area contributed by atoms with Crippen molar-refractivity contribution in [3.05, 3.63) is 59.2 Å². The van der Waals surface area contributed by atoms with Crippen LogP contribution in [0.5, 0.6) is 0 Å². The van der Waals surface area contributed by atoms with Crippen LogP contribution in [0.25, 0.3) is 0 Å². The molecule has 0 bridgehead atoms. The second-order valence-electron chi connectivity index (χ2n) is 7.05. The fraction of sp³-hybridized carbons (Fsp3) is 0.318. The minimum absolute atomic E-state index is 0.0291. The van der Waals surface area contributed by atoms with Gasteiger partial charge in [-0.25, -0.2) is 0 Å². The summed E-state index contributed by atoms with van der Waals surface area (Å²) in [6.45, 7) is 3.79. The molecule has 29 heavy (non-hydrogen) atoms. The maximum absolute atomic E-state index is 12.9. The zero-order valence-electron chi connectivity index (χ0n) is 17.5. The molecule has 1 N–H and O–H groups in total. The van der Waals surface area contributed by atoms with Crippen molar-refractivity contribution in [1.29, 1.82) is 0 Å². The Balaban J connectivity index is 2.06. The molecule has 0 aliphatic rings. The summed E-state index contributed by atoms with van der Waals surface area (Å²) in [5, 5.41) is 2.89. The molecule has 0 saturated heterocycles. The fourth-order valence-corrected chi connectivity index (χ4v) is 3.74. The third-order valence-corrected chi connectivity index (χ3v) is 5.50. The highest BCUT2D eigenvalue weighted by molar-refractivity contribution is 8.00. The van der Waals surface area contributed by atoms with Gasteiger partial charge in [-0.2, -0.15) is 0 Å². The highest BCUT2D eigenvalue weighted by atomic mass is 32.2. The first-order valence-corrected chi connectivity index (χ1v) is 10.2. The lowest BCUT2D eigenvalue weighted by molar-refractivity contribution is -0.125. The van der Waals surface area contributed by atoms with Crippen LogP contribution >= 0.6 is 11.8 Å². The van der Waals surface area contributed by atoms with Gasteiger partial charge in [-0.1, -0.05) is 30.3 Å². The first-order valence-electron chi connectivity index (χ1n) is 9.24. The average Bonchev–Trinajstić information content (AvgIpc) is 2.68. The maximum Gasteiger partial charge on any atom is 0.255 e. The van der Waals surface area contributed by atoms with Gasteiger partial charge >= 0.3 is 0 Å². The third kappa shape index (κ3) is 6.09. The zero-order chi connectivity index (χ0) is 21.6. The van der Waals surface area contributed by atoms with E-state index in [9.17, 15) is 14.4 Å². The molecule has 0 unspecified atom stereocenters. The van der Waals surface area contributed by atoms with E-state index in [4.69, 9.17) is 0 Å². The van der Waals surface area contributed by atoms with Crippen LogP contribution in [0.4, 0.5) is 5.69 Å². The van der Waals surface area contributed by atoms with Crippen LogP contribution in [0.15, 0.2) is 47.4 Å². The average molecular weight is 414 g/mol. The quantitative estimate of drug-likeness (QED) is 0.708. The number of carbonyl (C=O) groups excluding carboxylic acids is 3. The number of hydrogen-bond acceptors (Lipinski definition) is 4. The second kappa shape index (κ2) is 10.1. The molecule has 154 valence electrons. The molecule has 6 nitrogen and oxygen atoms in total. The smallest absolute Gasteiger partial charge is 0.255 e. The number of nitrogens with one attached hydrogen (secondary N) is 1. The topological polar surface area (TPSA) is 69.7 Å². The van der Waals surface area contributed by atoms with E-state index in [-0.39, 0.29) is 30.0 Å². The van der Waals surface area contributed by atoms with Gasteiger partial charge in [0, 0.05) is 31.7 Å². The monoisotopic (exact) mass is 413 g/mol. The largest absolute Gasteiger partial charge is 0.348 e. The Hall–Kier alpha value is -2.80. The van der Waals surface area contributed by atoms with Gasteiger partial charge in [-0.3, -0.25) is 14.4 Å². The van der Waals surface area contributed by atoms with Gasteiger partial charge in [-0.05, 0) is 37.1 Å². The zero-order valence-corrected chi connectivity index (χ0v) is 18.3. The lowest BCUT2D eigenvalue weighted by Crippen LogP contribution is -2.35. The van der Waals surface area contributed by atoms with E-state index in [0.29, 0.717) is 5.56 Å². The van der Waals surface area contributed by atoms with Crippen molar-refractivity contribution >= 4 is 35.2 Å². The SMILES string of the molecule is Cc1cccc(C)c1NC(=O)CN(C)C(=O)c1ccccc1SCC(=O)N(C)C. The minimum atomic E-state index is -0.262. The molecule has 0 heterocycles. The van der Waals surface area contributed by atoms with E-state index in [0.717, 1.165) is 21.7 Å². The van der Waals surface area contributed by atoms with Gasteiger partial charge in [0.1, 0.15) is 0 Å². The number of anilines is 1. The summed E-state index contributed by atoms with van der Waals surface area (Å²) in [6, 6.07) is 12.9. The Morgan fingerprint density at radius 1 is 0.931 bits per heavy atom. The van der Waals surface area contributed by atoms with Crippen LogP contribution in [0.3, 0.4) is 0 Å². The van der Waals surface area contributed by atoms with E-state index in [1.165, 1.54) is 21.6 Å². The molecule has 0 radical (unpaired) electrons. The first kappa shape index (κ1) is 22.5. The molecule has 0 spiro atoms. The van der Waals surface area contributed by atoms with Crippen molar-refractivity contribution in [3.8, 4) is 0 Å². The fourth-order valence-electron chi connectivity index (χ4n) is 2.72. The van der Waals surface area contributed by atoms with Crippen LogP contribution in [0.1, 0.15) is 21.5 Å². The summed E-state index contributed by atoms with van der Waals surface area (Å²) in [4.78, 5) is 40.9. The number of thioether (sulfide) groups is 1. The standard InChI is InChI=1S/C22H27N3O3S/c1-15-9-8-10-16(2)21(15)23-19(26)13-25(5)22(28)17-11-6-7-12-18(17)29-14-20(27)24(3)4/h6-12H,13-14H2,1-5H3,(H,23,26). The highest BCUT2D eigenvalue weighted by Gasteiger charge is 2.19. The van der Waals surface area contributed by atoms with Crippen molar-refractivity contribution < 1.29 is 14.4 Å². The molecular weight excluding hydrogens is 386 g/mol. The normalized spacial score (nSPS) is 10.4. The Morgan fingerprint density at radius 2 is 1.55 bits per heavy atom. The summed E-state index contributed by atoms with van der Waals surface area (Å²) in [6.07, 6.45) is 0. The molecule has 0 aliphatic carbocycles. The summed E-state index contributed by atoms with van der Waals surface area (Å²) in [5.74, 6) is -0.305. The van der Waals surface area contributed by atoms with E-state index in [2.05, 4.69) is 5.32 Å². The van der Waals surface area contributed by atoms with E-state index in [1.54, 1.807) is 33.3 Å². The van der Waals surface area contributed by atoms with Gasteiger partial charge in [-0.15, -0.1) is 11.8 Å². The molecule has 0 atom stereocenters. The first-order chi connectivity index (χ1) is 13.7. The molecule has 0 aliphatic heterocycles. The molecule has 0 saturated carbocycles. The number of aryl methyl sites for hydroxylation is 2. The number of para-hydroxylation sites is 1. The van der Waals surface area contributed by atoms with Crippen LogP contribution < -0.4 is 5.32 Å². The lowest BCUT2D eigenvalue weighted by atomic mass is 10.1. The van der Waals surface area contributed by atoms with Gasteiger partial charge < -0.3 is 15.1 Å². The van der Waals surface area contributed by atoms with Crippen molar-refractivity contribution in [2.75, 3.05) is 38.8 Å². The van der Waals surface area contributed by atoms with E-state index < -0.39 is 0 Å². The van der Waals surface area contributed by atoms with Crippen molar-refractivity contribution in [2.24, 2.45) is 0 Å². The minimum Gasteiger partial charge on any atom is -0.348 e. The summed E-state index contributed by atoms with van der Waals surface area (Å²) < 4.78 is 0. The van der Waals surface area contributed by atoms with Gasteiger partial charge in [0.05, 0.1) is 17.9 Å². The lowest BCUT2D eigenvalue weighted by Gasteiger charge is -2.19. The number of likely N-dealkylation sites (N-methyl/N-ethyl adjacent to an activating group) is 1. The van der Waals surface area contributed by atoms with Crippen LogP contribution in [0, 0.1) is 13.8 Å². The molecule has 0 fully saturated rings. The highest BCUT2D eigenvalue weighted by Crippen LogP contribution is 2.24. The van der Waals surface area contributed by atoms with Crippen molar-refractivity contribution in [2.45, 2.75) is 18.7 Å². The number of amides is 3. The Labute approximate surface area is 176 Å². The third-order valence-electron chi connectivity index (χ3n) is 4.44. The Bertz CT molecular complexity index is 892. The number of carbonyl (C=O) groups is 3. The summed E-state index contributed by atoms with van der Waals surface area (Å²) in [7, 11) is 4.99. The number of rotatable bonds is 7. The predicted octanol–water partition coefficient (Wildman–Crippen LogP) is 3.19. The maximum atomic E-state index is 12.9. The van der Waals surface area contributed by atoms with E-state index in [1.807, 2.05) is 44.2 Å².